The number of thiocarbonyl (C=S) groups is 1. The fourth-order valence-corrected chi connectivity index (χ4v) is 2.89. The normalized spacial score (nSPS) is 12.5. The molecule has 0 fully saturated rings. The highest BCUT2D eigenvalue weighted by molar-refractivity contribution is 7.80. The zero-order valence-electron chi connectivity index (χ0n) is 16.0. The van der Waals surface area contributed by atoms with Crippen LogP contribution in [0.3, 0.4) is 0 Å². The summed E-state index contributed by atoms with van der Waals surface area (Å²) in [6.45, 7) is 5.19. The molecule has 0 spiro atoms. The van der Waals surface area contributed by atoms with Crippen molar-refractivity contribution in [2.24, 2.45) is 10.2 Å². The Morgan fingerprint density at radius 3 is 2.31 bits per heavy atom. The fraction of sp³-hybridized carbons (Fsp3) is 0.263. The monoisotopic (exact) mass is 471 g/mol. The minimum atomic E-state index is -1.79. The van der Waals surface area contributed by atoms with E-state index in [-0.39, 0.29) is 11.0 Å². The van der Waals surface area contributed by atoms with E-state index in [1.807, 2.05) is 50.2 Å². The molecular formula is C19H20Cl3N5OS. The maximum absolute atomic E-state index is 11.3. The van der Waals surface area contributed by atoms with Crippen molar-refractivity contribution in [2.45, 2.75) is 30.7 Å². The minimum Gasteiger partial charge on any atom is -0.339 e. The van der Waals surface area contributed by atoms with E-state index in [9.17, 15) is 4.79 Å². The molecule has 0 aliphatic rings. The lowest BCUT2D eigenvalue weighted by molar-refractivity contribution is -0.119. The van der Waals surface area contributed by atoms with Gasteiger partial charge in [0.25, 0.3) is 0 Å². The first kappa shape index (κ1) is 23.3. The summed E-state index contributed by atoms with van der Waals surface area (Å²) in [4.78, 5) is 11.3. The van der Waals surface area contributed by atoms with Crippen LogP contribution in [0.4, 0.5) is 17.1 Å². The van der Waals surface area contributed by atoms with E-state index in [1.165, 1.54) is 6.92 Å². The summed E-state index contributed by atoms with van der Waals surface area (Å²) in [5.41, 5.74) is 4.19. The molecule has 0 saturated heterocycles. The zero-order chi connectivity index (χ0) is 21.6. The first-order chi connectivity index (χ1) is 13.6. The molecule has 2 aromatic carbocycles. The van der Waals surface area contributed by atoms with Crippen LogP contribution in [0.15, 0.2) is 52.7 Å². The highest BCUT2D eigenvalue weighted by Crippen LogP contribution is 2.29. The Hall–Kier alpha value is -1.93. The Morgan fingerprint density at radius 1 is 1.03 bits per heavy atom. The quantitative estimate of drug-likeness (QED) is 0.221. The van der Waals surface area contributed by atoms with Crippen LogP contribution in [-0.4, -0.2) is 21.0 Å². The summed E-state index contributed by atoms with van der Waals surface area (Å²) >= 11 is 22.9. The fourth-order valence-electron chi connectivity index (χ4n) is 2.33. The van der Waals surface area contributed by atoms with Gasteiger partial charge in [0.15, 0.2) is 5.11 Å². The van der Waals surface area contributed by atoms with E-state index < -0.39 is 9.96 Å². The number of alkyl halides is 3. The van der Waals surface area contributed by atoms with Crippen molar-refractivity contribution in [3.63, 3.8) is 0 Å². The van der Waals surface area contributed by atoms with Gasteiger partial charge in [0.1, 0.15) is 6.17 Å². The number of rotatable bonds is 5. The van der Waals surface area contributed by atoms with Gasteiger partial charge < -0.3 is 16.0 Å². The number of hydrogen-bond donors (Lipinski definition) is 3. The Kier molecular flexibility index (Phi) is 8.22. The Morgan fingerprint density at radius 2 is 1.72 bits per heavy atom. The van der Waals surface area contributed by atoms with Gasteiger partial charge in [-0.05, 0) is 61.5 Å². The first-order valence-electron chi connectivity index (χ1n) is 8.55. The van der Waals surface area contributed by atoms with Crippen LogP contribution in [0.5, 0.6) is 0 Å². The first-order valence-corrected chi connectivity index (χ1v) is 10.1. The van der Waals surface area contributed by atoms with Gasteiger partial charge in [-0.2, -0.15) is 10.2 Å². The standard InChI is InChI=1S/C19H20Cl3N5OS/c1-11-6-4-5-7-16(11)27-26-14-8-9-15(12(2)10-14)24-18(29)25-17(19(20,21)22)23-13(3)28/h4-10,17H,1-3H3,(H,23,28)(H2,24,25,29)/t17-/m1/s1. The van der Waals surface area contributed by atoms with Crippen LogP contribution in [0.2, 0.25) is 0 Å². The van der Waals surface area contributed by atoms with Crippen molar-refractivity contribution >= 4 is 75.1 Å². The third-order valence-electron chi connectivity index (χ3n) is 3.80. The number of carbonyl (C=O) groups is 1. The lowest BCUT2D eigenvalue weighted by Gasteiger charge is -2.27. The van der Waals surface area contributed by atoms with Crippen LogP contribution in [0.25, 0.3) is 0 Å². The van der Waals surface area contributed by atoms with Gasteiger partial charge in [0.2, 0.25) is 9.70 Å². The number of anilines is 1. The molecule has 0 unspecified atom stereocenters. The molecule has 29 heavy (non-hydrogen) atoms. The summed E-state index contributed by atoms with van der Waals surface area (Å²) in [6.07, 6.45) is -0.993. The molecule has 0 radical (unpaired) electrons. The number of nitrogens with zero attached hydrogens (tertiary/aromatic N) is 2. The number of carbonyl (C=O) groups excluding carboxylic acids is 1. The van der Waals surface area contributed by atoms with Gasteiger partial charge in [-0.15, -0.1) is 0 Å². The molecule has 3 N–H and O–H groups in total. The predicted octanol–water partition coefficient (Wildman–Crippen LogP) is 5.84. The summed E-state index contributed by atoms with van der Waals surface area (Å²) < 4.78 is -1.79. The van der Waals surface area contributed by atoms with E-state index in [1.54, 1.807) is 6.07 Å². The topological polar surface area (TPSA) is 77.9 Å². The largest absolute Gasteiger partial charge is 0.339 e. The lowest BCUT2D eigenvalue weighted by atomic mass is 10.2. The van der Waals surface area contributed by atoms with E-state index >= 15 is 0 Å². The van der Waals surface area contributed by atoms with Crippen LogP contribution in [-0.2, 0) is 4.79 Å². The highest BCUT2D eigenvalue weighted by Gasteiger charge is 2.34. The van der Waals surface area contributed by atoms with E-state index in [0.717, 1.165) is 22.5 Å². The SMILES string of the molecule is CC(=O)N[C@H](NC(=S)Nc1ccc(N=Nc2ccccc2C)cc1C)C(Cl)(Cl)Cl. The summed E-state index contributed by atoms with van der Waals surface area (Å²) in [5.74, 6) is -0.365. The van der Waals surface area contributed by atoms with Crippen molar-refractivity contribution in [3.8, 4) is 0 Å². The van der Waals surface area contributed by atoms with Crippen molar-refractivity contribution in [1.82, 2.24) is 10.6 Å². The van der Waals surface area contributed by atoms with E-state index in [2.05, 4.69) is 26.2 Å². The van der Waals surface area contributed by atoms with Crippen molar-refractivity contribution in [2.75, 3.05) is 5.32 Å². The Bertz CT molecular complexity index is 930. The zero-order valence-corrected chi connectivity index (χ0v) is 19.0. The van der Waals surface area contributed by atoms with Gasteiger partial charge in [-0.25, -0.2) is 0 Å². The van der Waals surface area contributed by atoms with Crippen LogP contribution >= 0.6 is 47.0 Å². The number of halogens is 3. The molecule has 0 aliphatic carbocycles. The lowest BCUT2D eigenvalue weighted by Crippen LogP contribution is -2.55. The third kappa shape index (κ3) is 7.44. The van der Waals surface area contributed by atoms with Gasteiger partial charge in [-0.3, -0.25) is 4.79 Å². The molecule has 0 aliphatic heterocycles. The molecule has 1 atom stereocenters. The molecule has 0 bridgehead atoms. The molecule has 154 valence electrons. The molecule has 2 rings (SSSR count). The molecule has 0 saturated carbocycles. The average molecular weight is 473 g/mol. The van der Waals surface area contributed by atoms with Gasteiger partial charge in [0, 0.05) is 12.6 Å². The number of aryl methyl sites for hydroxylation is 2. The van der Waals surface area contributed by atoms with Crippen molar-refractivity contribution in [3.05, 3.63) is 53.6 Å². The molecule has 0 aromatic heterocycles. The molecule has 1 amide bonds. The van der Waals surface area contributed by atoms with Gasteiger partial charge in [0.05, 0.1) is 11.4 Å². The molecular weight excluding hydrogens is 453 g/mol. The molecule has 0 heterocycles. The second-order valence-electron chi connectivity index (χ2n) is 6.26. The van der Waals surface area contributed by atoms with Crippen molar-refractivity contribution in [1.29, 1.82) is 0 Å². The number of amides is 1. The summed E-state index contributed by atoms with van der Waals surface area (Å²) in [5, 5.41) is 17.0. The third-order valence-corrected chi connectivity index (χ3v) is 4.67. The minimum absolute atomic E-state index is 0.187. The maximum atomic E-state index is 11.3. The van der Waals surface area contributed by atoms with Crippen LogP contribution < -0.4 is 16.0 Å². The second kappa shape index (κ2) is 10.2. The van der Waals surface area contributed by atoms with Crippen molar-refractivity contribution < 1.29 is 4.79 Å². The molecule has 2 aromatic rings. The Balaban J connectivity index is 2.07. The number of nitrogens with one attached hydrogen (secondary N) is 3. The molecule has 6 nitrogen and oxygen atoms in total. The number of azo groups is 1. The molecule has 10 heteroatoms. The number of benzene rings is 2. The summed E-state index contributed by atoms with van der Waals surface area (Å²) in [6, 6.07) is 13.2. The maximum Gasteiger partial charge on any atom is 0.228 e. The van der Waals surface area contributed by atoms with E-state index in [0.29, 0.717) is 5.69 Å². The average Bonchev–Trinajstić information content (AvgIpc) is 2.61. The predicted molar refractivity (Wildman–Crippen MR) is 124 cm³/mol. The number of hydrogen-bond acceptors (Lipinski definition) is 4. The van der Waals surface area contributed by atoms with Gasteiger partial charge in [-0.1, -0.05) is 53.0 Å². The summed E-state index contributed by atoms with van der Waals surface area (Å²) in [7, 11) is 0. The van der Waals surface area contributed by atoms with E-state index in [4.69, 9.17) is 47.0 Å². The van der Waals surface area contributed by atoms with Crippen LogP contribution in [0, 0.1) is 13.8 Å². The second-order valence-corrected chi connectivity index (χ2v) is 9.04. The highest BCUT2D eigenvalue weighted by atomic mass is 35.6. The van der Waals surface area contributed by atoms with Crippen LogP contribution in [0.1, 0.15) is 18.1 Å². The van der Waals surface area contributed by atoms with Gasteiger partial charge >= 0.3 is 0 Å². The Labute approximate surface area is 190 Å². The smallest absolute Gasteiger partial charge is 0.228 e.